The van der Waals surface area contributed by atoms with Gasteiger partial charge in [0.2, 0.25) is 0 Å². The molecule has 0 saturated carbocycles. The van der Waals surface area contributed by atoms with E-state index >= 15 is 0 Å². The van der Waals surface area contributed by atoms with Crippen LogP contribution in [0.4, 0.5) is 10.1 Å². The van der Waals surface area contributed by atoms with Crippen molar-refractivity contribution in [2.45, 2.75) is 33.5 Å². The highest BCUT2D eigenvalue weighted by Gasteiger charge is 2.12. The molecule has 0 fully saturated rings. The maximum atomic E-state index is 13.5. The van der Waals surface area contributed by atoms with Crippen LogP contribution in [-0.2, 0) is 0 Å². The van der Waals surface area contributed by atoms with Crippen LogP contribution in [0.3, 0.4) is 0 Å². The molecule has 0 aliphatic heterocycles. The number of benzene rings is 1. The summed E-state index contributed by atoms with van der Waals surface area (Å²) in [6.07, 6.45) is 7.25. The molecule has 23 heavy (non-hydrogen) atoms. The van der Waals surface area contributed by atoms with Gasteiger partial charge in [0.15, 0.2) is 12.4 Å². The average Bonchev–Trinajstić information content (AvgIpc) is 2.62. The Morgan fingerprint density at radius 2 is 1.43 bits per heavy atom. The molecule has 0 aliphatic carbocycles. The Kier molecular flexibility index (Phi) is 6.33. The third kappa shape index (κ3) is 4.65. The van der Waals surface area contributed by atoms with Crippen LogP contribution in [0.5, 0.6) is 0 Å². The Labute approximate surface area is 138 Å². The molecule has 0 N–H and O–H groups in total. The second-order valence-corrected chi connectivity index (χ2v) is 5.52. The number of aromatic nitrogens is 1. The van der Waals surface area contributed by atoms with E-state index in [-0.39, 0.29) is 0 Å². The Morgan fingerprint density at radius 1 is 0.913 bits per heavy atom. The van der Waals surface area contributed by atoms with Crippen molar-refractivity contribution in [2.75, 3.05) is 18.0 Å². The van der Waals surface area contributed by atoms with Crippen molar-refractivity contribution in [1.29, 1.82) is 0 Å². The maximum absolute atomic E-state index is 13.5. The predicted molar refractivity (Wildman–Crippen MR) is 96.0 cm³/mol. The first-order chi connectivity index (χ1) is 11.2. The summed E-state index contributed by atoms with van der Waals surface area (Å²) in [6, 6.07) is 12.4. The zero-order valence-electron chi connectivity index (χ0n) is 14.2. The first-order valence-corrected chi connectivity index (χ1v) is 8.35. The van der Waals surface area contributed by atoms with Crippen LogP contribution in [0.2, 0.25) is 0 Å². The Hall–Kier alpha value is -2.16. The van der Waals surface area contributed by atoms with Gasteiger partial charge in [0.05, 0.1) is 0 Å². The van der Waals surface area contributed by atoms with Crippen molar-refractivity contribution >= 4 is 17.8 Å². The third-order valence-corrected chi connectivity index (χ3v) is 4.03. The fraction of sp³-hybridized carbons (Fsp3) is 0.350. The lowest BCUT2D eigenvalue weighted by molar-refractivity contribution is -0.747. The van der Waals surface area contributed by atoms with Crippen LogP contribution in [0.25, 0.3) is 12.2 Å². The molecule has 0 amide bonds. The van der Waals surface area contributed by atoms with Gasteiger partial charge in [0, 0.05) is 37.3 Å². The van der Waals surface area contributed by atoms with Gasteiger partial charge in [-0.25, -0.2) is 0 Å². The highest BCUT2D eigenvalue weighted by Crippen LogP contribution is 2.16. The lowest BCUT2D eigenvalue weighted by Crippen LogP contribution is -2.35. The summed E-state index contributed by atoms with van der Waals surface area (Å²) in [6.45, 7) is 8.21. The molecule has 1 unspecified atom stereocenters. The summed E-state index contributed by atoms with van der Waals surface area (Å²) in [5.74, 6) is 0. The molecule has 0 spiro atoms. The monoisotopic (exact) mass is 313 g/mol. The summed E-state index contributed by atoms with van der Waals surface area (Å²) in [7, 11) is 0. The van der Waals surface area contributed by atoms with E-state index in [1.807, 2.05) is 19.1 Å². The molecule has 0 bridgehead atoms. The van der Waals surface area contributed by atoms with Gasteiger partial charge in [-0.2, -0.15) is 8.96 Å². The smallest absolute Gasteiger partial charge is 0.298 e. The number of hydrogen-bond donors (Lipinski definition) is 0. The zero-order chi connectivity index (χ0) is 16.7. The molecule has 0 saturated heterocycles. The van der Waals surface area contributed by atoms with Gasteiger partial charge in [-0.15, -0.1) is 0 Å². The lowest BCUT2D eigenvalue weighted by Gasteiger charge is -2.20. The van der Waals surface area contributed by atoms with E-state index in [0.717, 1.165) is 24.2 Å². The zero-order valence-corrected chi connectivity index (χ0v) is 14.2. The van der Waals surface area contributed by atoms with Gasteiger partial charge in [-0.1, -0.05) is 31.2 Å². The van der Waals surface area contributed by atoms with E-state index in [4.69, 9.17) is 0 Å². The van der Waals surface area contributed by atoms with Crippen LogP contribution in [-0.4, -0.2) is 13.1 Å². The number of nitrogens with zero attached hydrogens (tertiary/aromatic N) is 2. The van der Waals surface area contributed by atoms with Gasteiger partial charge >= 0.3 is 0 Å². The van der Waals surface area contributed by atoms with Gasteiger partial charge in [0.25, 0.3) is 6.30 Å². The lowest BCUT2D eigenvalue weighted by atomic mass is 10.1. The molecular weight excluding hydrogens is 287 g/mol. The fourth-order valence-corrected chi connectivity index (χ4v) is 2.54. The molecule has 0 aliphatic rings. The maximum Gasteiger partial charge on any atom is 0.298 e. The molecule has 2 nitrogen and oxygen atoms in total. The summed E-state index contributed by atoms with van der Waals surface area (Å²) < 4.78 is 15.1. The molecular formula is C20H26FN2+. The fourth-order valence-electron chi connectivity index (χ4n) is 2.54. The van der Waals surface area contributed by atoms with E-state index in [2.05, 4.69) is 55.2 Å². The first kappa shape index (κ1) is 17.2. The van der Waals surface area contributed by atoms with Crippen molar-refractivity contribution < 1.29 is 8.96 Å². The quantitative estimate of drug-likeness (QED) is 0.662. The summed E-state index contributed by atoms with van der Waals surface area (Å²) in [4.78, 5) is 2.32. The molecule has 2 aromatic rings. The topological polar surface area (TPSA) is 7.12 Å². The number of rotatable bonds is 7. The predicted octanol–water partition coefficient (Wildman–Crippen LogP) is 4.87. The van der Waals surface area contributed by atoms with Crippen molar-refractivity contribution in [3.63, 3.8) is 0 Å². The van der Waals surface area contributed by atoms with Crippen LogP contribution in [0.15, 0.2) is 48.8 Å². The van der Waals surface area contributed by atoms with E-state index in [9.17, 15) is 4.39 Å². The Bertz CT molecular complexity index is 613. The Balaban J connectivity index is 2.05. The number of alkyl halides is 1. The molecule has 2 rings (SSSR count). The van der Waals surface area contributed by atoms with Crippen molar-refractivity contribution in [1.82, 2.24) is 0 Å². The van der Waals surface area contributed by atoms with Gasteiger partial charge < -0.3 is 4.90 Å². The van der Waals surface area contributed by atoms with Crippen molar-refractivity contribution in [2.24, 2.45) is 0 Å². The number of halogens is 1. The molecule has 0 radical (unpaired) electrons. The highest BCUT2D eigenvalue weighted by atomic mass is 19.1. The molecule has 1 aromatic heterocycles. The summed E-state index contributed by atoms with van der Waals surface area (Å²) >= 11 is 0. The Morgan fingerprint density at radius 3 is 1.91 bits per heavy atom. The molecule has 122 valence electrons. The minimum absolute atomic E-state index is 0.485. The van der Waals surface area contributed by atoms with E-state index in [0.29, 0.717) is 6.42 Å². The second-order valence-electron chi connectivity index (χ2n) is 5.52. The highest BCUT2D eigenvalue weighted by molar-refractivity contribution is 5.70. The molecule has 1 aromatic carbocycles. The number of hydrogen-bond acceptors (Lipinski definition) is 1. The largest absolute Gasteiger partial charge is 0.372 e. The van der Waals surface area contributed by atoms with E-state index in [1.165, 1.54) is 5.69 Å². The van der Waals surface area contributed by atoms with Crippen LogP contribution >= 0.6 is 0 Å². The normalized spacial score (nSPS) is 12.5. The second kappa shape index (κ2) is 8.47. The van der Waals surface area contributed by atoms with Crippen LogP contribution in [0, 0.1) is 0 Å². The first-order valence-electron chi connectivity index (χ1n) is 8.35. The number of anilines is 1. The molecule has 1 heterocycles. The minimum atomic E-state index is -0.944. The van der Waals surface area contributed by atoms with E-state index < -0.39 is 6.30 Å². The van der Waals surface area contributed by atoms with Gasteiger partial charge in [-0.05, 0) is 37.1 Å². The molecule has 3 heteroatoms. The van der Waals surface area contributed by atoms with Crippen LogP contribution < -0.4 is 9.47 Å². The standard InChI is InChI=1S/C20H26FN2/c1-4-20(21)23-15-13-18(14-16-23)8-7-17-9-11-19(12-10-17)22(5-2)6-3/h7-16,20H,4-6H2,1-3H3/q+1. The van der Waals surface area contributed by atoms with Crippen LogP contribution in [0.1, 0.15) is 44.6 Å². The van der Waals surface area contributed by atoms with Gasteiger partial charge in [0.1, 0.15) is 0 Å². The average molecular weight is 313 g/mol. The van der Waals surface area contributed by atoms with Gasteiger partial charge in [-0.3, -0.25) is 0 Å². The minimum Gasteiger partial charge on any atom is -0.372 e. The van der Waals surface area contributed by atoms with Crippen molar-refractivity contribution in [3.8, 4) is 0 Å². The van der Waals surface area contributed by atoms with E-state index in [1.54, 1.807) is 17.0 Å². The molecule has 1 atom stereocenters. The number of pyridine rings is 1. The third-order valence-electron chi connectivity index (χ3n) is 4.03. The van der Waals surface area contributed by atoms with Crippen molar-refractivity contribution in [3.05, 3.63) is 59.9 Å². The SMILES string of the molecule is CCC(F)[n+]1ccc(/C=C/c2ccc(N(CC)CC)cc2)cc1. The summed E-state index contributed by atoms with van der Waals surface area (Å²) in [5, 5.41) is 0. The summed E-state index contributed by atoms with van der Waals surface area (Å²) in [5.41, 5.74) is 3.48.